The number of nitrogens with one attached hydrogen (secondary N) is 1. The highest BCUT2D eigenvalue weighted by Crippen LogP contribution is 2.18. The number of hydrogen-bond donors (Lipinski definition) is 7. The van der Waals surface area contributed by atoms with E-state index < -0.39 is 37.0 Å². The Morgan fingerprint density at radius 2 is 1.38 bits per heavy atom. The van der Waals surface area contributed by atoms with Gasteiger partial charge in [0.1, 0.15) is 35.6 Å². The molecule has 1 aliphatic heterocycles. The summed E-state index contributed by atoms with van der Waals surface area (Å²) in [5.41, 5.74) is 2.35. The number of aryl methyl sites for hydroxylation is 2. The first-order valence-corrected chi connectivity index (χ1v) is 14.0. The van der Waals surface area contributed by atoms with Gasteiger partial charge >= 0.3 is 5.97 Å². The van der Waals surface area contributed by atoms with Gasteiger partial charge in [-0.05, 0) is 39.2 Å². The summed E-state index contributed by atoms with van der Waals surface area (Å²) in [4.78, 5) is 19.7. The molecule has 1 heterocycles. The van der Waals surface area contributed by atoms with Crippen LogP contribution >= 0.6 is 0 Å². The van der Waals surface area contributed by atoms with Crippen LogP contribution in [0, 0.1) is 6.92 Å². The number of aliphatic carboxylic acids is 1. The summed E-state index contributed by atoms with van der Waals surface area (Å²) in [6.07, 6.45) is 4.52. The van der Waals surface area contributed by atoms with Crippen LogP contribution in [0.25, 0.3) is 0 Å². The number of aliphatic hydroxyl groups is 5. The van der Waals surface area contributed by atoms with E-state index in [0.29, 0.717) is 0 Å². The number of rotatable bonds is 16. The third-order valence-corrected chi connectivity index (χ3v) is 6.40. The van der Waals surface area contributed by atoms with E-state index in [1.54, 1.807) is 0 Å². The fourth-order valence-electron chi connectivity index (χ4n) is 4.08. The maximum absolute atomic E-state index is 10.1. The summed E-state index contributed by atoms with van der Waals surface area (Å²) in [6.45, 7) is 7.76. The van der Waals surface area contributed by atoms with Gasteiger partial charge in [-0.25, -0.2) is 14.8 Å². The molecule has 1 aliphatic rings. The molecule has 7 N–H and O–H groups in total. The molecule has 0 fully saturated rings. The number of nitrogens with zero attached hydrogens (tertiary/aromatic N) is 2. The molecule has 0 bridgehead atoms. The van der Waals surface area contributed by atoms with Gasteiger partial charge in [-0.15, -0.1) is 0 Å². The fourth-order valence-corrected chi connectivity index (χ4v) is 4.08. The number of amidine groups is 2. The maximum atomic E-state index is 10.1. The summed E-state index contributed by atoms with van der Waals surface area (Å²) >= 11 is 0. The molecule has 4 atom stereocenters. The largest absolute Gasteiger partial charge is 0.479 e. The number of unbranched alkanes of at least 4 members (excludes halogenated alkanes) is 6. The molecule has 0 radical (unpaired) electrons. The summed E-state index contributed by atoms with van der Waals surface area (Å²) in [6, 6.07) is 8.81. The Kier molecular flexibility index (Phi) is 16.1. The van der Waals surface area contributed by atoms with Gasteiger partial charge in [0, 0.05) is 12.8 Å². The first-order chi connectivity index (χ1) is 18.4. The van der Waals surface area contributed by atoms with Gasteiger partial charge in [0.2, 0.25) is 0 Å². The maximum Gasteiger partial charge on any atom is 0.335 e. The normalized spacial score (nSPS) is 17.5. The van der Waals surface area contributed by atoms with Crippen molar-refractivity contribution in [2.24, 2.45) is 9.98 Å². The Bertz CT molecular complexity index is 903. The van der Waals surface area contributed by atoms with E-state index in [4.69, 9.17) is 40.6 Å². The topological polar surface area (TPSA) is 175 Å². The predicted octanol–water partition coefficient (Wildman–Crippen LogP) is 2.71. The molecule has 0 aliphatic carbocycles. The Morgan fingerprint density at radius 3 is 1.92 bits per heavy atom. The van der Waals surface area contributed by atoms with E-state index in [9.17, 15) is 4.79 Å². The number of hydrogen-bond acceptors (Lipinski definition) is 9. The Balaban J connectivity index is 0.000000495. The summed E-state index contributed by atoms with van der Waals surface area (Å²) in [5, 5.41) is 55.3. The molecule has 0 saturated carbocycles. The average Bonchev–Trinajstić information content (AvgIpc) is 2.90. The quantitative estimate of drug-likeness (QED) is 0.153. The van der Waals surface area contributed by atoms with Crippen molar-refractivity contribution in [3.05, 3.63) is 35.4 Å². The molecular weight excluding hydrogens is 502 g/mol. The van der Waals surface area contributed by atoms with Crippen LogP contribution < -0.4 is 5.32 Å². The second-order valence-electron chi connectivity index (χ2n) is 10.6. The lowest BCUT2D eigenvalue weighted by atomic mass is 10.0. The molecule has 10 heteroatoms. The Hall–Kier alpha value is -2.37. The molecule has 0 aromatic heterocycles. The standard InChI is InChI=1S/C23H37N3.C6H12O7/c1-5-6-7-8-9-10-11-12-21-24-22(26-23(3,4)25-21)18-17-20-15-13-19(2)14-16-20;7-1-2(8)3(9)4(10)5(11)6(12)13/h13-16H,5-12,17-18H2,1-4H3,(H,24,25,26);2-5,7-11H,1H2,(H,12,13)/t;2-,3-,4+,5-/m.1/s1. The van der Waals surface area contributed by atoms with Crippen LogP contribution in [0.3, 0.4) is 0 Å². The molecule has 0 saturated heterocycles. The Labute approximate surface area is 232 Å². The molecule has 222 valence electrons. The van der Waals surface area contributed by atoms with Crippen molar-refractivity contribution in [1.82, 2.24) is 5.32 Å². The van der Waals surface area contributed by atoms with Crippen LogP contribution in [0.2, 0.25) is 0 Å². The second kappa shape index (κ2) is 18.1. The smallest absolute Gasteiger partial charge is 0.335 e. The van der Waals surface area contributed by atoms with Gasteiger partial charge in [-0.1, -0.05) is 75.3 Å². The number of carboxylic acid groups (broad SMARTS) is 1. The van der Waals surface area contributed by atoms with E-state index in [-0.39, 0.29) is 5.66 Å². The minimum absolute atomic E-state index is 0.329. The van der Waals surface area contributed by atoms with Gasteiger partial charge < -0.3 is 36.0 Å². The third kappa shape index (κ3) is 14.0. The van der Waals surface area contributed by atoms with Crippen molar-refractivity contribution in [2.75, 3.05) is 6.61 Å². The van der Waals surface area contributed by atoms with Crippen molar-refractivity contribution in [2.45, 2.75) is 122 Å². The van der Waals surface area contributed by atoms with Crippen LogP contribution in [0.1, 0.15) is 89.7 Å². The lowest BCUT2D eigenvalue weighted by Gasteiger charge is -2.26. The number of benzene rings is 1. The predicted molar refractivity (Wildman–Crippen MR) is 153 cm³/mol. The summed E-state index contributed by atoms with van der Waals surface area (Å²) in [5.74, 6) is 0.484. The van der Waals surface area contributed by atoms with Crippen LogP contribution in [0.5, 0.6) is 0 Å². The molecule has 39 heavy (non-hydrogen) atoms. The Morgan fingerprint density at radius 1 is 0.846 bits per heavy atom. The number of aliphatic hydroxyl groups excluding tert-OH is 5. The average molecular weight is 552 g/mol. The van der Waals surface area contributed by atoms with E-state index in [1.807, 2.05) is 0 Å². The highest BCUT2D eigenvalue weighted by molar-refractivity contribution is 6.02. The molecule has 0 spiro atoms. The van der Waals surface area contributed by atoms with E-state index in [2.05, 4.69) is 57.3 Å². The van der Waals surface area contributed by atoms with Gasteiger partial charge in [0.15, 0.2) is 6.10 Å². The van der Waals surface area contributed by atoms with E-state index in [0.717, 1.165) is 30.9 Å². The minimum Gasteiger partial charge on any atom is -0.479 e. The van der Waals surface area contributed by atoms with Crippen molar-refractivity contribution in [1.29, 1.82) is 0 Å². The van der Waals surface area contributed by atoms with Crippen molar-refractivity contribution >= 4 is 17.6 Å². The molecule has 10 nitrogen and oxygen atoms in total. The van der Waals surface area contributed by atoms with Crippen molar-refractivity contribution in [3.8, 4) is 0 Å². The van der Waals surface area contributed by atoms with Gasteiger partial charge in [-0.2, -0.15) is 0 Å². The zero-order valence-electron chi connectivity index (χ0n) is 23.9. The third-order valence-electron chi connectivity index (χ3n) is 6.40. The zero-order chi connectivity index (χ0) is 29.4. The first-order valence-electron chi connectivity index (χ1n) is 14.0. The molecule has 1 aromatic carbocycles. The number of aliphatic imine (C=N–C) groups is 2. The van der Waals surface area contributed by atoms with Gasteiger partial charge in [-0.3, -0.25) is 0 Å². The summed E-state index contributed by atoms with van der Waals surface area (Å²) < 4.78 is 0. The first kappa shape index (κ1) is 34.7. The van der Waals surface area contributed by atoms with Crippen molar-refractivity contribution < 1.29 is 35.4 Å². The monoisotopic (exact) mass is 551 g/mol. The number of carbonyl (C=O) groups is 1. The van der Waals surface area contributed by atoms with Crippen LogP contribution in [-0.2, 0) is 11.2 Å². The van der Waals surface area contributed by atoms with Crippen molar-refractivity contribution in [3.63, 3.8) is 0 Å². The zero-order valence-corrected chi connectivity index (χ0v) is 23.9. The highest BCUT2D eigenvalue weighted by atomic mass is 16.4. The lowest BCUT2D eigenvalue weighted by molar-refractivity contribution is -0.164. The number of carboxylic acids is 1. The highest BCUT2D eigenvalue weighted by Gasteiger charge is 2.33. The van der Waals surface area contributed by atoms with Gasteiger partial charge in [0.25, 0.3) is 0 Å². The fraction of sp³-hybridized carbons (Fsp3) is 0.690. The molecule has 0 unspecified atom stereocenters. The lowest BCUT2D eigenvalue weighted by Crippen LogP contribution is -2.48. The van der Waals surface area contributed by atoms with Gasteiger partial charge in [0.05, 0.1) is 6.61 Å². The van der Waals surface area contributed by atoms with Crippen LogP contribution in [-0.4, -0.2) is 85.0 Å². The van der Waals surface area contributed by atoms with E-state index in [1.165, 1.54) is 56.1 Å². The molecule has 1 aromatic rings. The molecular formula is C29H49N3O7. The molecule has 2 rings (SSSR count). The van der Waals surface area contributed by atoms with Crippen LogP contribution in [0.4, 0.5) is 0 Å². The summed E-state index contributed by atoms with van der Waals surface area (Å²) in [7, 11) is 0. The SMILES string of the molecule is CCCCCCCCCC1=NC(C)(C)N=C(CCc2ccc(C)cc2)N1.O=C(O)[C@H](O)[C@@H](O)[C@H](O)[C@H](O)CO. The van der Waals surface area contributed by atoms with E-state index >= 15 is 0 Å². The second-order valence-corrected chi connectivity index (χ2v) is 10.6. The minimum atomic E-state index is -2.20. The van der Waals surface area contributed by atoms with Crippen LogP contribution in [0.15, 0.2) is 34.3 Å². The molecule has 0 amide bonds.